The van der Waals surface area contributed by atoms with Gasteiger partial charge in [-0.2, -0.15) is 0 Å². The SMILES string of the molecule is NS(=O)(=O)c1ccc(NC(=S)N2CCOC(COc3ccc4c(c3)OCO4)C2)cc1. The Labute approximate surface area is 179 Å². The highest BCUT2D eigenvalue weighted by atomic mass is 32.2. The lowest BCUT2D eigenvalue weighted by Crippen LogP contribution is -2.49. The summed E-state index contributed by atoms with van der Waals surface area (Å²) in [5.41, 5.74) is 0.673. The first-order valence-corrected chi connectivity index (χ1v) is 11.2. The molecule has 0 aromatic heterocycles. The highest BCUT2D eigenvalue weighted by Gasteiger charge is 2.23. The predicted molar refractivity (Wildman–Crippen MR) is 113 cm³/mol. The number of nitrogens with one attached hydrogen (secondary N) is 1. The van der Waals surface area contributed by atoms with Gasteiger partial charge in [-0.05, 0) is 48.6 Å². The van der Waals surface area contributed by atoms with Gasteiger partial charge in [-0.3, -0.25) is 0 Å². The van der Waals surface area contributed by atoms with Crippen LogP contribution in [0.15, 0.2) is 47.4 Å². The van der Waals surface area contributed by atoms with Crippen molar-refractivity contribution in [2.24, 2.45) is 5.14 Å². The van der Waals surface area contributed by atoms with Gasteiger partial charge in [-0.15, -0.1) is 0 Å². The minimum absolute atomic E-state index is 0.0473. The molecule has 0 aliphatic carbocycles. The zero-order chi connectivity index (χ0) is 21.1. The Morgan fingerprint density at radius 2 is 1.97 bits per heavy atom. The van der Waals surface area contributed by atoms with Crippen LogP contribution < -0.4 is 24.7 Å². The summed E-state index contributed by atoms with van der Waals surface area (Å²) >= 11 is 5.49. The number of morpholine rings is 1. The second-order valence-corrected chi connectivity index (χ2v) is 8.71. The van der Waals surface area contributed by atoms with Crippen LogP contribution in [0.25, 0.3) is 0 Å². The smallest absolute Gasteiger partial charge is 0.238 e. The summed E-state index contributed by atoms with van der Waals surface area (Å²) in [4.78, 5) is 2.03. The molecule has 2 aromatic carbocycles. The third-order valence-electron chi connectivity index (χ3n) is 4.64. The van der Waals surface area contributed by atoms with E-state index in [1.54, 1.807) is 18.2 Å². The number of sulfonamides is 1. The van der Waals surface area contributed by atoms with Gasteiger partial charge in [0.2, 0.25) is 16.8 Å². The lowest BCUT2D eigenvalue weighted by atomic mass is 10.2. The fraction of sp³-hybridized carbons (Fsp3) is 0.316. The van der Waals surface area contributed by atoms with Crippen LogP contribution >= 0.6 is 12.2 Å². The second-order valence-electron chi connectivity index (χ2n) is 6.76. The van der Waals surface area contributed by atoms with Crippen molar-refractivity contribution in [3.05, 3.63) is 42.5 Å². The zero-order valence-corrected chi connectivity index (χ0v) is 17.6. The molecule has 1 unspecified atom stereocenters. The fourth-order valence-corrected chi connectivity index (χ4v) is 3.89. The summed E-state index contributed by atoms with van der Waals surface area (Å²) in [6.07, 6.45) is -0.159. The number of benzene rings is 2. The Balaban J connectivity index is 1.30. The van der Waals surface area contributed by atoms with Crippen molar-refractivity contribution in [1.29, 1.82) is 0 Å². The van der Waals surface area contributed by atoms with Gasteiger partial charge in [0.1, 0.15) is 18.5 Å². The maximum absolute atomic E-state index is 11.4. The van der Waals surface area contributed by atoms with E-state index in [9.17, 15) is 8.42 Å². The lowest BCUT2D eigenvalue weighted by Gasteiger charge is -2.34. The molecule has 0 spiro atoms. The predicted octanol–water partition coefficient (Wildman–Crippen LogP) is 1.54. The topological polar surface area (TPSA) is 112 Å². The van der Waals surface area contributed by atoms with Crippen LogP contribution in [0.3, 0.4) is 0 Å². The number of ether oxygens (including phenoxy) is 4. The van der Waals surface area contributed by atoms with E-state index in [2.05, 4.69) is 5.32 Å². The highest BCUT2D eigenvalue weighted by molar-refractivity contribution is 7.89. The summed E-state index contributed by atoms with van der Waals surface area (Å²) in [5, 5.41) is 8.75. The Bertz CT molecular complexity index is 1030. The monoisotopic (exact) mass is 451 g/mol. The molecule has 0 radical (unpaired) electrons. The highest BCUT2D eigenvalue weighted by Crippen LogP contribution is 2.35. The molecule has 3 N–H and O–H groups in total. The molecule has 1 fully saturated rings. The lowest BCUT2D eigenvalue weighted by molar-refractivity contribution is -0.0280. The Kier molecular flexibility index (Phi) is 5.95. The number of hydrogen-bond acceptors (Lipinski definition) is 7. The van der Waals surface area contributed by atoms with Gasteiger partial charge >= 0.3 is 0 Å². The van der Waals surface area contributed by atoms with Gasteiger partial charge in [-0.25, -0.2) is 13.6 Å². The average molecular weight is 452 g/mol. The van der Waals surface area contributed by atoms with Crippen molar-refractivity contribution < 1.29 is 27.4 Å². The normalized spacial score (nSPS) is 18.2. The minimum atomic E-state index is -3.72. The van der Waals surface area contributed by atoms with Gasteiger partial charge in [0.05, 0.1) is 11.5 Å². The molecule has 0 amide bonds. The molecule has 160 valence electrons. The van der Waals surface area contributed by atoms with Crippen molar-refractivity contribution >= 4 is 33.0 Å². The van der Waals surface area contributed by atoms with Gasteiger partial charge in [-0.1, -0.05) is 0 Å². The zero-order valence-electron chi connectivity index (χ0n) is 15.9. The second kappa shape index (κ2) is 8.64. The number of thiocarbonyl (C=S) groups is 1. The summed E-state index contributed by atoms with van der Waals surface area (Å²) in [6.45, 7) is 2.30. The molecular formula is C19H21N3O6S2. The number of anilines is 1. The quantitative estimate of drug-likeness (QED) is 0.654. The number of hydrogen-bond donors (Lipinski definition) is 2. The first-order valence-electron chi connectivity index (χ1n) is 9.21. The number of fused-ring (bicyclic) bond motifs is 1. The third kappa shape index (κ3) is 4.93. The van der Waals surface area contributed by atoms with E-state index >= 15 is 0 Å². The van der Waals surface area contributed by atoms with Gasteiger partial charge in [0.25, 0.3) is 0 Å². The molecule has 2 aromatic rings. The van der Waals surface area contributed by atoms with Crippen LogP contribution in [0.2, 0.25) is 0 Å². The first kappa shape index (κ1) is 20.7. The summed E-state index contributed by atoms with van der Waals surface area (Å²) in [6, 6.07) is 11.5. The molecule has 11 heteroatoms. The van der Waals surface area contributed by atoms with Crippen LogP contribution in [-0.4, -0.2) is 57.6 Å². The van der Waals surface area contributed by atoms with Crippen molar-refractivity contribution in [2.45, 2.75) is 11.0 Å². The van der Waals surface area contributed by atoms with Crippen molar-refractivity contribution in [3.8, 4) is 17.2 Å². The Morgan fingerprint density at radius 1 is 1.20 bits per heavy atom. The maximum Gasteiger partial charge on any atom is 0.238 e. The molecule has 2 heterocycles. The summed E-state index contributed by atoms with van der Waals surface area (Å²) in [5.74, 6) is 2.05. The van der Waals surface area contributed by atoms with Gasteiger partial charge in [0, 0.05) is 24.8 Å². The first-order chi connectivity index (χ1) is 14.4. The Hall–Kier alpha value is -2.60. The van der Waals surface area contributed by atoms with E-state index < -0.39 is 10.0 Å². The van der Waals surface area contributed by atoms with Crippen molar-refractivity contribution in [1.82, 2.24) is 4.90 Å². The van der Waals surface area contributed by atoms with Crippen molar-refractivity contribution in [3.63, 3.8) is 0 Å². The van der Waals surface area contributed by atoms with E-state index in [0.29, 0.717) is 54.4 Å². The van der Waals surface area contributed by atoms with Gasteiger partial charge < -0.3 is 29.2 Å². The molecule has 1 saturated heterocycles. The molecular weight excluding hydrogens is 430 g/mol. The molecule has 9 nitrogen and oxygen atoms in total. The van der Waals surface area contributed by atoms with E-state index in [4.69, 9.17) is 36.3 Å². The van der Waals surface area contributed by atoms with Crippen LogP contribution in [-0.2, 0) is 14.8 Å². The van der Waals surface area contributed by atoms with E-state index in [0.717, 1.165) is 0 Å². The van der Waals surface area contributed by atoms with Crippen LogP contribution in [0.5, 0.6) is 17.2 Å². The number of nitrogens with two attached hydrogens (primary N) is 1. The third-order valence-corrected chi connectivity index (χ3v) is 5.93. The molecule has 0 bridgehead atoms. The maximum atomic E-state index is 11.4. The molecule has 4 rings (SSSR count). The largest absolute Gasteiger partial charge is 0.491 e. The average Bonchev–Trinajstić information content (AvgIpc) is 3.20. The molecule has 2 aliphatic heterocycles. The number of primary sulfonamides is 1. The standard InChI is InChI=1S/C19H21N3O6S2/c20-30(23,24)16-4-1-13(2-5-16)21-19(29)22-7-8-25-15(10-22)11-26-14-3-6-17-18(9-14)28-12-27-17/h1-6,9,15H,7-8,10-12H2,(H,21,29)(H2,20,23,24). The molecule has 0 saturated carbocycles. The van der Waals surface area contributed by atoms with Crippen LogP contribution in [0.1, 0.15) is 0 Å². The summed E-state index contributed by atoms with van der Waals surface area (Å²) in [7, 11) is -3.72. The van der Waals surface area contributed by atoms with Gasteiger partial charge in [0.15, 0.2) is 16.6 Å². The van der Waals surface area contributed by atoms with E-state index in [1.807, 2.05) is 17.0 Å². The molecule has 1 atom stereocenters. The van der Waals surface area contributed by atoms with E-state index in [-0.39, 0.29) is 17.8 Å². The summed E-state index contributed by atoms with van der Waals surface area (Å²) < 4.78 is 45.0. The van der Waals surface area contributed by atoms with Crippen LogP contribution in [0, 0.1) is 0 Å². The Morgan fingerprint density at radius 3 is 2.73 bits per heavy atom. The fourth-order valence-electron chi connectivity index (χ4n) is 3.09. The molecule has 2 aliphatic rings. The minimum Gasteiger partial charge on any atom is -0.491 e. The van der Waals surface area contributed by atoms with E-state index in [1.165, 1.54) is 12.1 Å². The van der Waals surface area contributed by atoms with Crippen LogP contribution in [0.4, 0.5) is 5.69 Å². The number of nitrogens with zero attached hydrogens (tertiary/aromatic N) is 1. The van der Waals surface area contributed by atoms with Crippen molar-refractivity contribution in [2.75, 3.05) is 38.4 Å². The number of rotatable bonds is 5. The molecule has 30 heavy (non-hydrogen) atoms.